The summed E-state index contributed by atoms with van der Waals surface area (Å²) in [5.41, 5.74) is 0.345. The zero-order valence-electron chi connectivity index (χ0n) is 9.14. The summed E-state index contributed by atoms with van der Waals surface area (Å²) in [7, 11) is 0. The lowest BCUT2D eigenvalue weighted by Gasteiger charge is -2.23. The summed E-state index contributed by atoms with van der Waals surface area (Å²) in [5.74, 6) is -1.23. The van der Waals surface area contributed by atoms with Crippen LogP contribution in [-0.4, -0.2) is 27.7 Å². The highest BCUT2D eigenvalue weighted by molar-refractivity contribution is 6.32. The number of para-hydroxylation sites is 1. The van der Waals surface area contributed by atoms with Crippen molar-refractivity contribution in [1.82, 2.24) is 0 Å². The van der Waals surface area contributed by atoms with Gasteiger partial charge in [-0.05, 0) is 6.07 Å². The SMILES string of the molecule is CC(C)(O)Oc1c(Cl)cccc1C(O)CO. The first-order valence-corrected chi connectivity index (χ1v) is 5.21. The molecule has 1 rings (SSSR count). The number of aliphatic hydroxyl groups is 3. The first kappa shape index (κ1) is 13.3. The van der Waals surface area contributed by atoms with Crippen molar-refractivity contribution in [3.05, 3.63) is 28.8 Å². The van der Waals surface area contributed by atoms with E-state index in [1.807, 2.05) is 0 Å². The average Bonchev–Trinajstić information content (AvgIpc) is 2.18. The lowest BCUT2D eigenvalue weighted by Crippen LogP contribution is -2.28. The second-order valence-corrected chi connectivity index (χ2v) is 4.31. The van der Waals surface area contributed by atoms with Crippen LogP contribution in [0.4, 0.5) is 0 Å². The highest BCUT2D eigenvalue weighted by Crippen LogP contribution is 2.34. The van der Waals surface area contributed by atoms with Crippen molar-refractivity contribution >= 4 is 11.6 Å². The summed E-state index contributed by atoms with van der Waals surface area (Å²) in [4.78, 5) is 0. The number of hydrogen-bond acceptors (Lipinski definition) is 4. The van der Waals surface area contributed by atoms with Crippen molar-refractivity contribution in [3.8, 4) is 5.75 Å². The average molecular weight is 247 g/mol. The molecule has 1 atom stereocenters. The van der Waals surface area contributed by atoms with E-state index in [1.165, 1.54) is 13.8 Å². The number of aliphatic hydroxyl groups excluding tert-OH is 2. The summed E-state index contributed by atoms with van der Waals surface area (Å²) in [6, 6.07) is 4.79. The number of benzene rings is 1. The maximum absolute atomic E-state index is 9.56. The second kappa shape index (κ2) is 5.01. The van der Waals surface area contributed by atoms with E-state index in [0.717, 1.165) is 0 Å². The Morgan fingerprint density at radius 2 is 2.06 bits per heavy atom. The lowest BCUT2D eigenvalue weighted by atomic mass is 10.1. The van der Waals surface area contributed by atoms with E-state index in [9.17, 15) is 10.2 Å². The van der Waals surface area contributed by atoms with E-state index in [4.69, 9.17) is 21.4 Å². The van der Waals surface area contributed by atoms with Crippen molar-refractivity contribution < 1.29 is 20.1 Å². The van der Waals surface area contributed by atoms with Crippen molar-refractivity contribution in [2.45, 2.75) is 25.7 Å². The van der Waals surface area contributed by atoms with Crippen LogP contribution < -0.4 is 4.74 Å². The summed E-state index contributed by atoms with van der Waals surface area (Å²) < 4.78 is 5.24. The van der Waals surface area contributed by atoms with Gasteiger partial charge in [-0.2, -0.15) is 0 Å². The maximum atomic E-state index is 9.56. The molecule has 0 saturated heterocycles. The van der Waals surface area contributed by atoms with Gasteiger partial charge in [0, 0.05) is 19.4 Å². The minimum atomic E-state index is -1.41. The molecule has 0 amide bonds. The van der Waals surface area contributed by atoms with Gasteiger partial charge in [0.15, 0.2) is 0 Å². The predicted molar refractivity (Wildman–Crippen MR) is 60.4 cm³/mol. The van der Waals surface area contributed by atoms with Crippen LogP contribution in [-0.2, 0) is 0 Å². The predicted octanol–water partition coefficient (Wildman–Crippen LogP) is 1.47. The molecule has 0 aromatic heterocycles. The third-order valence-electron chi connectivity index (χ3n) is 1.88. The molecule has 90 valence electrons. The van der Waals surface area contributed by atoms with Gasteiger partial charge in [0.2, 0.25) is 5.79 Å². The molecule has 3 N–H and O–H groups in total. The monoisotopic (exact) mass is 246 g/mol. The molecule has 0 bridgehead atoms. The summed E-state index contributed by atoms with van der Waals surface area (Å²) in [5, 5.41) is 28.3. The second-order valence-electron chi connectivity index (χ2n) is 3.91. The van der Waals surface area contributed by atoms with Gasteiger partial charge in [-0.3, -0.25) is 0 Å². The molecule has 0 fully saturated rings. The van der Waals surface area contributed by atoms with Gasteiger partial charge in [-0.15, -0.1) is 0 Å². The molecular formula is C11H15ClO4. The number of hydrogen-bond donors (Lipinski definition) is 3. The number of rotatable bonds is 4. The van der Waals surface area contributed by atoms with E-state index in [0.29, 0.717) is 5.56 Å². The van der Waals surface area contributed by atoms with E-state index in [-0.39, 0.29) is 10.8 Å². The molecule has 1 aromatic rings. The highest BCUT2D eigenvalue weighted by Gasteiger charge is 2.21. The minimum absolute atomic E-state index is 0.179. The fourth-order valence-corrected chi connectivity index (χ4v) is 1.46. The standard InChI is InChI=1S/C11H15ClO4/c1-11(2,15)16-10-7(9(14)6-13)4-3-5-8(10)12/h3-5,9,13-15H,6H2,1-2H3. The van der Waals surface area contributed by atoms with Crippen LogP contribution in [0.5, 0.6) is 5.75 Å². The molecular weight excluding hydrogens is 232 g/mol. The minimum Gasteiger partial charge on any atom is -0.461 e. The van der Waals surface area contributed by atoms with Crippen LogP contribution in [0.25, 0.3) is 0 Å². The van der Waals surface area contributed by atoms with Crippen LogP contribution in [0.15, 0.2) is 18.2 Å². The van der Waals surface area contributed by atoms with Crippen LogP contribution in [0.1, 0.15) is 25.5 Å². The smallest absolute Gasteiger partial charge is 0.202 e. The van der Waals surface area contributed by atoms with E-state index in [1.54, 1.807) is 18.2 Å². The van der Waals surface area contributed by atoms with Gasteiger partial charge in [-0.25, -0.2) is 0 Å². The van der Waals surface area contributed by atoms with Crippen LogP contribution in [0.2, 0.25) is 5.02 Å². The third kappa shape index (κ3) is 3.35. The first-order valence-electron chi connectivity index (χ1n) is 4.84. The first-order chi connectivity index (χ1) is 7.35. The van der Waals surface area contributed by atoms with E-state index >= 15 is 0 Å². The largest absolute Gasteiger partial charge is 0.461 e. The van der Waals surface area contributed by atoms with Crippen LogP contribution in [0, 0.1) is 0 Å². The fraction of sp³-hybridized carbons (Fsp3) is 0.455. The zero-order chi connectivity index (χ0) is 12.3. The van der Waals surface area contributed by atoms with Crippen LogP contribution >= 0.6 is 11.6 Å². The molecule has 0 heterocycles. The van der Waals surface area contributed by atoms with Crippen molar-refractivity contribution in [1.29, 1.82) is 0 Å². The van der Waals surface area contributed by atoms with Gasteiger partial charge in [-0.1, -0.05) is 23.7 Å². The topological polar surface area (TPSA) is 69.9 Å². The van der Waals surface area contributed by atoms with Crippen LogP contribution in [0.3, 0.4) is 0 Å². The van der Waals surface area contributed by atoms with Crippen molar-refractivity contribution in [2.24, 2.45) is 0 Å². The molecule has 0 aliphatic heterocycles. The molecule has 0 aliphatic rings. The Kier molecular flexibility index (Phi) is 4.15. The van der Waals surface area contributed by atoms with Crippen molar-refractivity contribution in [2.75, 3.05) is 6.61 Å². The quantitative estimate of drug-likeness (QED) is 0.704. The summed E-state index contributed by atoms with van der Waals surface area (Å²) in [6.07, 6.45) is -1.09. The highest BCUT2D eigenvalue weighted by atomic mass is 35.5. The molecule has 16 heavy (non-hydrogen) atoms. The Labute approximate surface area is 99.1 Å². The maximum Gasteiger partial charge on any atom is 0.202 e. The molecule has 0 radical (unpaired) electrons. The van der Waals surface area contributed by atoms with Gasteiger partial charge < -0.3 is 20.1 Å². The van der Waals surface area contributed by atoms with Gasteiger partial charge in [0.1, 0.15) is 11.9 Å². The van der Waals surface area contributed by atoms with Crippen molar-refractivity contribution in [3.63, 3.8) is 0 Å². The molecule has 1 unspecified atom stereocenters. The van der Waals surface area contributed by atoms with Gasteiger partial charge in [0.05, 0.1) is 11.6 Å². The molecule has 1 aromatic carbocycles. The molecule has 0 aliphatic carbocycles. The fourth-order valence-electron chi connectivity index (χ4n) is 1.24. The molecule has 5 heteroatoms. The van der Waals surface area contributed by atoms with Gasteiger partial charge in [0.25, 0.3) is 0 Å². The Bertz CT molecular complexity index is 359. The molecule has 0 spiro atoms. The lowest BCUT2D eigenvalue weighted by molar-refractivity contribution is -0.106. The number of ether oxygens (including phenoxy) is 1. The zero-order valence-corrected chi connectivity index (χ0v) is 9.90. The Balaban J connectivity index is 3.13. The Morgan fingerprint density at radius 3 is 2.56 bits per heavy atom. The van der Waals surface area contributed by atoms with E-state index in [2.05, 4.69) is 0 Å². The summed E-state index contributed by atoms with van der Waals surface area (Å²) >= 11 is 5.91. The Hall–Kier alpha value is -0.810. The van der Waals surface area contributed by atoms with E-state index < -0.39 is 18.5 Å². The number of halogens is 1. The normalized spacial score (nSPS) is 13.6. The van der Waals surface area contributed by atoms with Gasteiger partial charge >= 0.3 is 0 Å². The third-order valence-corrected chi connectivity index (χ3v) is 2.18. The Morgan fingerprint density at radius 1 is 1.44 bits per heavy atom. The molecule has 0 saturated carbocycles. The summed E-state index contributed by atoms with van der Waals surface area (Å²) in [6.45, 7) is 2.46. The molecule has 4 nitrogen and oxygen atoms in total.